The van der Waals surface area contributed by atoms with Gasteiger partial charge in [-0.15, -0.1) is 0 Å². The highest BCUT2D eigenvalue weighted by atomic mass is 16.4. The van der Waals surface area contributed by atoms with Gasteiger partial charge in [0.25, 0.3) is 0 Å². The Morgan fingerprint density at radius 2 is 1.09 bits per heavy atom. The van der Waals surface area contributed by atoms with E-state index >= 15 is 0 Å². The molecule has 0 rings (SSSR count). The summed E-state index contributed by atoms with van der Waals surface area (Å²) in [5.41, 5.74) is 0. The molecular formula is C19H39NO2. The van der Waals surface area contributed by atoms with Crippen molar-refractivity contribution in [3.05, 3.63) is 0 Å². The van der Waals surface area contributed by atoms with Crippen LogP contribution in [0.15, 0.2) is 0 Å². The van der Waals surface area contributed by atoms with E-state index in [0.717, 1.165) is 25.7 Å². The van der Waals surface area contributed by atoms with Crippen molar-refractivity contribution in [2.45, 2.75) is 116 Å². The maximum absolute atomic E-state index is 10.8. The van der Waals surface area contributed by atoms with Gasteiger partial charge < -0.3 is 10.4 Å². The van der Waals surface area contributed by atoms with Crippen LogP contribution in [0.2, 0.25) is 0 Å². The molecule has 1 amide bonds. The smallest absolute Gasteiger partial charge is 0.404 e. The highest BCUT2D eigenvalue weighted by molar-refractivity contribution is 5.64. The summed E-state index contributed by atoms with van der Waals surface area (Å²) < 4.78 is 0. The van der Waals surface area contributed by atoms with Crippen LogP contribution in [0.3, 0.4) is 0 Å². The fraction of sp³-hybridized carbons (Fsp3) is 0.947. The minimum Gasteiger partial charge on any atom is -0.465 e. The second-order valence-corrected chi connectivity index (χ2v) is 6.61. The Balaban J connectivity index is 3.55. The van der Waals surface area contributed by atoms with Crippen LogP contribution in [-0.2, 0) is 0 Å². The lowest BCUT2D eigenvalue weighted by Gasteiger charge is -2.16. The Kier molecular flexibility index (Phi) is 16.1. The highest BCUT2D eigenvalue weighted by Gasteiger charge is 2.10. The minimum absolute atomic E-state index is 0.166. The van der Waals surface area contributed by atoms with E-state index in [0.29, 0.717) is 0 Å². The van der Waals surface area contributed by atoms with E-state index in [9.17, 15) is 4.79 Å². The molecule has 0 saturated carbocycles. The maximum atomic E-state index is 10.8. The van der Waals surface area contributed by atoms with Gasteiger partial charge in [-0.05, 0) is 12.8 Å². The van der Waals surface area contributed by atoms with Crippen LogP contribution in [0.1, 0.15) is 110 Å². The molecule has 22 heavy (non-hydrogen) atoms. The van der Waals surface area contributed by atoms with Crippen LogP contribution in [0.4, 0.5) is 4.79 Å². The largest absolute Gasteiger partial charge is 0.465 e. The Bertz CT molecular complexity index is 244. The predicted molar refractivity (Wildman–Crippen MR) is 95.6 cm³/mol. The number of rotatable bonds is 16. The molecule has 0 aromatic carbocycles. The average molecular weight is 314 g/mol. The van der Waals surface area contributed by atoms with Crippen LogP contribution < -0.4 is 5.32 Å². The van der Waals surface area contributed by atoms with Crippen LogP contribution in [0, 0.1) is 0 Å². The van der Waals surface area contributed by atoms with Crippen molar-refractivity contribution in [2.24, 2.45) is 0 Å². The van der Waals surface area contributed by atoms with Crippen LogP contribution >= 0.6 is 0 Å². The third-order valence-corrected chi connectivity index (χ3v) is 4.39. The summed E-state index contributed by atoms with van der Waals surface area (Å²) in [6.07, 6.45) is 17.9. The first-order valence-electron chi connectivity index (χ1n) is 9.70. The Morgan fingerprint density at radius 1 is 0.727 bits per heavy atom. The van der Waals surface area contributed by atoms with Gasteiger partial charge in [0, 0.05) is 6.04 Å². The molecule has 0 saturated heterocycles. The van der Waals surface area contributed by atoms with Gasteiger partial charge in [0.05, 0.1) is 0 Å². The van der Waals surface area contributed by atoms with Gasteiger partial charge in [0.2, 0.25) is 0 Å². The first kappa shape index (κ1) is 21.3. The second kappa shape index (κ2) is 16.6. The predicted octanol–water partition coefficient (Wildman–Crippen LogP) is 6.51. The molecule has 1 atom stereocenters. The van der Waals surface area contributed by atoms with Crippen LogP contribution in [-0.4, -0.2) is 17.2 Å². The van der Waals surface area contributed by atoms with Crippen molar-refractivity contribution in [2.75, 3.05) is 0 Å². The number of hydrogen-bond acceptors (Lipinski definition) is 1. The summed E-state index contributed by atoms with van der Waals surface area (Å²) in [6, 6.07) is 0.166. The molecule has 0 radical (unpaired) electrons. The van der Waals surface area contributed by atoms with Gasteiger partial charge in [-0.1, -0.05) is 97.3 Å². The zero-order chi connectivity index (χ0) is 16.5. The molecule has 0 aliphatic heterocycles. The van der Waals surface area contributed by atoms with E-state index in [-0.39, 0.29) is 6.04 Å². The minimum atomic E-state index is -0.864. The number of carbonyl (C=O) groups is 1. The first-order chi connectivity index (χ1) is 10.7. The summed E-state index contributed by atoms with van der Waals surface area (Å²) in [5.74, 6) is 0. The fourth-order valence-corrected chi connectivity index (χ4v) is 2.98. The third kappa shape index (κ3) is 15.7. The van der Waals surface area contributed by atoms with Crippen LogP contribution in [0.25, 0.3) is 0 Å². The summed E-state index contributed by atoms with van der Waals surface area (Å²) in [6.45, 7) is 4.46. The first-order valence-corrected chi connectivity index (χ1v) is 9.70. The molecule has 0 heterocycles. The normalized spacial score (nSPS) is 12.3. The number of unbranched alkanes of at least 4 members (excludes halogenated alkanes) is 11. The molecule has 1 unspecified atom stereocenters. The van der Waals surface area contributed by atoms with E-state index < -0.39 is 6.09 Å². The monoisotopic (exact) mass is 313 g/mol. The quantitative estimate of drug-likeness (QED) is 0.319. The van der Waals surface area contributed by atoms with Crippen molar-refractivity contribution in [3.63, 3.8) is 0 Å². The maximum Gasteiger partial charge on any atom is 0.404 e. The van der Waals surface area contributed by atoms with Gasteiger partial charge in [-0.3, -0.25) is 0 Å². The standard InChI is InChI=1S/C19H39NO2/c1-3-5-7-9-10-11-12-13-15-17-18(20-19(21)22)16-14-8-6-4-2/h18,20H,3-17H2,1-2H3,(H,21,22). The summed E-state index contributed by atoms with van der Waals surface area (Å²) in [7, 11) is 0. The number of carboxylic acid groups (broad SMARTS) is 1. The molecule has 0 aliphatic rings. The fourth-order valence-electron chi connectivity index (χ4n) is 2.98. The van der Waals surface area contributed by atoms with Crippen molar-refractivity contribution < 1.29 is 9.90 Å². The molecule has 132 valence electrons. The second-order valence-electron chi connectivity index (χ2n) is 6.61. The third-order valence-electron chi connectivity index (χ3n) is 4.39. The van der Waals surface area contributed by atoms with Gasteiger partial charge in [-0.25, -0.2) is 4.79 Å². The zero-order valence-corrected chi connectivity index (χ0v) is 15.0. The Morgan fingerprint density at radius 3 is 1.50 bits per heavy atom. The summed E-state index contributed by atoms with van der Waals surface area (Å²) >= 11 is 0. The van der Waals surface area contributed by atoms with Gasteiger partial charge in [0.15, 0.2) is 0 Å². The van der Waals surface area contributed by atoms with Crippen molar-refractivity contribution in [1.29, 1.82) is 0 Å². The van der Waals surface area contributed by atoms with E-state index in [1.165, 1.54) is 70.6 Å². The lowest BCUT2D eigenvalue weighted by atomic mass is 10.0. The van der Waals surface area contributed by atoms with Crippen molar-refractivity contribution in [1.82, 2.24) is 5.32 Å². The molecular weight excluding hydrogens is 274 g/mol. The van der Waals surface area contributed by atoms with Gasteiger partial charge in [-0.2, -0.15) is 0 Å². The lowest BCUT2D eigenvalue weighted by Crippen LogP contribution is -2.33. The summed E-state index contributed by atoms with van der Waals surface area (Å²) in [5, 5.41) is 11.6. The molecule has 0 aromatic heterocycles. The molecule has 0 spiro atoms. The average Bonchev–Trinajstić information content (AvgIpc) is 2.49. The molecule has 0 fully saturated rings. The zero-order valence-electron chi connectivity index (χ0n) is 15.0. The number of amides is 1. The van der Waals surface area contributed by atoms with Crippen molar-refractivity contribution >= 4 is 6.09 Å². The molecule has 2 N–H and O–H groups in total. The molecule has 3 nitrogen and oxygen atoms in total. The summed E-state index contributed by atoms with van der Waals surface area (Å²) in [4.78, 5) is 10.8. The Hall–Kier alpha value is -0.730. The number of hydrogen-bond donors (Lipinski definition) is 2. The van der Waals surface area contributed by atoms with E-state index in [2.05, 4.69) is 19.2 Å². The Labute approximate surface area is 138 Å². The lowest BCUT2D eigenvalue weighted by molar-refractivity contribution is 0.187. The molecule has 0 bridgehead atoms. The van der Waals surface area contributed by atoms with Crippen molar-refractivity contribution in [3.8, 4) is 0 Å². The van der Waals surface area contributed by atoms with Crippen LogP contribution in [0.5, 0.6) is 0 Å². The van der Waals surface area contributed by atoms with E-state index in [1.54, 1.807) is 0 Å². The molecule has 3 heteroatoms. The SMILES string of the molecule is CCCCCCCCCCCC(CCCCCC)NC(=O)O. The molecule has 0 aliphatic carbocycles. The highest BCUT2D eigenvalue weighted by Crippen LogP contribution is 2.14. The van der Waals surface area contributed by atoms with E-state index in [1.807, 2.05) is 0 Å². The van der Waals surface area contributed by atoms with Gasteiger partial charge >= 0.3 is 6.09 Å². The molecule has 0 aromatic rings. The van der Waals surface area contributed by atoms with E-state index in [4.69, 9.17) is 5.11 Å². The van der Waals surface area contributed by atoms with Gasteiger partial charge in [0.1, 0.15) is 0 Å². The number of nitrogens with one attached hydrogen (secondary N) is 1. The topological polar surface area (TPSA) is 49.3 Å².